The highest BCUT2D eigenvalue weighted by Gasteiger charge is 2.43. The Kier molecular flexibility index (Phi) is 4.28. The van der Waals surface area contributed by atoms with Gasteiger partial charge in [0.1, 0.15) is 6.33 Å². The highest BCUT2D eigenvalue weighted by atomic mass is 16.5. The van der Waals surface area contributed by atoms with Gasteiger partial charge in [0, 0.05) is 43.4 Å². The molecule has 2 fully saturated rings. The first kappa shape index (κ1) is 17.3. The topological polar surface area (TPSA) is 59.4 Å². The number of carbonyl (C=O) groups is 1. The molecule has 0 spiro atoms. The van der Waals surface area contributed by atoms with Gasteiger partial charge in [-0.2, -0.15) is 0 Å². The van der Waals surface area contributed by atoms with Crippen molar-refractivity contribution in [3.05, 3.63) is 54.9 Å². The molecule has 2 aromatic carbocycles. The van der Waals surface area contributed by atoms with Crippen LogP contribution in [0.3, 0.4) is 0 Å². The van der Waals surface area contributed by atoms with Gasteiger partial charge in [-0.3, -0.25) is 4.57 Å². The quantitative estimate of drug-likeness (QED) is 0.754. The molecule has 1 aliphatic heterocycles. The van der Waals surface area contributed by atoms with Crippen LogP contribution in [0, 0.1) is 11.8 Å². The maximum absolute atomic E-state index is 12.7. The number of likely N-dealkylation sites (tertiary alicyclic amines) is 1. The summed E-state index contributed by atoms with van der Waals surface area (Å²) < 4.78 is 7.69. The summed E-state index contributed by atoms with van der Waals surface area (Å²) in [6.45, 7) is 1.56. The van der Waals surface area contributed by atoms with Crippen LogP contribution in [0.5, 0.6) is 0 Å². The number of amides is 2. The predicted molar refractivity (Wildman–Crippen MR) is 109 cm³/mol. The maximum atomic E-state index is 12.7. The first-order valence-electron chi connectivity index (χ1n) is 9.84. The normalized spacial score (nSPS) is 23.9. The number of hydrogen-bond donors (Lipinski definition) is 1. The van der Waals surface area contributed by atoms with E-state index in [4.69, 9.17) is 4.74 Å². The van der Waals surface area contributed by atoms with Crippen LogP contribution < -0.4 is 5.32 Å². The minimum absolute atomic E-state index is 0.0210. The van der Waals surface area contributed by atoms with E-state index in [1.54, 1.807) is 7.11 Å². The number of aromatic nitrogens is 2. The van der Waals surface area contributed by atoms with Crippen molar-refractivity contribution in [1.82, 2.24) is 14.5 Å². The molecular weight excluding hydrogens is 352 g/mol. The molecule has 1 unspecified atom stereocenters. The number of benzene rings is 2. The fraction of sp³-hybridized carbons (Fsp3) is 0.364. The van der Waals surface area contributed by atoms with Gasteiger partial charge in [0.15, 0.2) is 0 Å². The lowest BCUT2D eigenvalue weighted by Gasteiger charge is -2.37. The van der Waals surface area contributed by atoms with Crippen molar-refractivity contribution in [2.24, 2.45) is 11.8 Å². The number of urea groups is 1. The molecule has 1 aliphatic carbocycles. The molecule has 2 bridgehead atoms. The highest BCUT2D eigenvalue weighted by molar-refractivity contribution is 5.89. The lowest BCUT2D eigenvalue weighted by atomic mass is 9.95. The Labute approximate surface area is 164 Å². The third-order valence-electron chi connectivity index (χ3n) is 6.16. The van der Waals surface area contributed by atoms with Crippen LogP contribution in [0.1, 0.15) is 12.8 Å². The molecular formula is C22H24N4O2. The largest absolute Gasteiger partial charge is 0.381 e. The molecule has 1 aromatic heterocycles. The molecule has 2 aliphatic rings. The Bertz CT molecular complexity index is 983. The van der Waals surface area contributed by atoms with Crippen molar-refractivity contribution < 1.29 is 9.53 Å². The Hall–Kier alpha value is -2.86. The second-order valence-corrected chi connectivity index (χ2v) is 7.78. The number of nitrogens with one attached hydrogen (secondary N) is 1. The van der Waals surface area contributed by atoms with Gasteiger partial charge in [-0.1, -0.05) is 12.1 Å². The highest BCUT2D eigenvalue weighted by Crippen LogP contribution is 2.38. The van der Waals surface area contributed by atoms with Gasteiger partial charge in [0.05, 0.1) is 17.1 Å². The van der Waals surface area contributed by atoms with Gasteiger partial charge in [-0.15, -0.1) is 0 Å². The fourth-order valence-electron chi connectivity index (χ4n) is 4.80. The molecule has 144 valence electrons. The number of ether oxygens (including phenoxy) is 1. The van der Waals surface area contributed by atoms with Crippen LogP contribution in [-0.2, 0) is 4.74 Å². The van der Waals surface area contributed by atoms with E-state index < -0.39 is 0 Å². The van der Waals surface area contributed by atoms with E-state index in [0.29, 0.717) is 17.9 Å². The van der Waals surface area contributed by atoms with Gasteiger partial charge >= 0.3 is 6.03 Å². The summed E-state index contributed by atoms with van der Waals surface area (Å²) in [7, 11) is 1.79. The molecule has 2 amide bonds. The molecule has 1 saturated heterocycles. The summed E-state index contributed by atoms with van der Waals surface area (Å²) in [5, 5.41) is 3.04. The average Bonchev–Trinajstić information content (AvgIpc) is 3.26. The van der Waals surface area contributed by atoms with Crippen molar-refractivity contribution in [3.8, 4) is 5.69 Å². The third-order valence-corrected chi connectivity index (χ3v) is 6.16. The van der Waals surface area contributed by atoms with E-state index in [1.807, 2.05) is 58.3 Å². The molecule has 2 heterocycles. The molecule has 5 rings (SSSR count). The Balaban J connectivity index is 1.28. The zero-order valence-corrected chi connectivity index (χ0v) is 15.9. The summed E-state index contributed by atoms with van der Waals surface area (Å²) in [5.74, 6) is 0.929. The lowest BCUT2D eigenvalue weighted by molar-refractivity contribution is -0.00364. The Morgan fingerprint density at radius 2 is 1.79 bits per heavy atom. The lowest BCUT2D eigenvalue weighted by Crippen LogP contribution is -2.49. The van der Waals surface area contributed by atoms with Crippen molar-refractivity contribution in [1.29, 1.82) is 0 Å². The Morgan fingerprint density at radius 3 is 2.50 bits per heavy atom. The molecule has 1 saturated carbocycles. The van der Waals surface area contributed by atoms with Crippen LogP contribution in [0.4, 0.5) is 10.5 Å². The molecule has 28 heavy (non-hydrogen) atoms. The summed E-state index contributed by atoms with van der Waals surface area (Å²) in [6.07, 6.45) is 4.45. The number of imidazole rings is 1. The van der Waals surface area contributed by atoms with E-state index in [0.717, 1.165) is 48.3 Å². The third kappa shape index (κ3) is 2.94. The van der Waals surface area contributed by atoms with Gasteiger partial charge in [0.25, 0.3) is 0 Å². The number of carbonyl (C=O) groups excluding carboxylic acids is 1. The van der Waals surface area contributed by atoms with E-state index in [-0.39, 0.29) is 6.03 Å². The monoisotopic (exact) mass is 376 g/mol. The number of nitrogens with zero attached hydrogens (tertiary/aromatic N) is 3. The van der Waals surface area contributed by atoms with E-state index in [9.17, 15) is 4.79 Å². The number of anilines is 1. The van der Waals surface area contributed by atoms with E-state index in [2.05, 4.69) is 16.4 Å². The van der Waals surface area contributed by atoms with Crippen molar-refractivity contribution >= 4 is 22.8 Å². The van der Waals surface area contributed by atoms with Crippen molar-refractivity contribution in [2.45, 2.75) is 18.9 Å². The van der Waals surface area contributed by atoms with Crippen molar-refractivity contribution in [2.75, 3.05) is 25.5 Å². The smallest absolute Gasteiger partial charge is 0.321 e. The van der Waals surface area contributed by atoms with Crippen LogP contribution in [0.25, 0.3) is 16.7 Å². The number of rotatable bonds is 3. The second kappa shape index (κ2) is 6.95. The molecule has 3 atom stereocenters. The molecule has 0 radical (unpaired) electrons. The van der Waals surface area contributed by atoms with Crippen LogP contribution in [0.2, 0.25) is 0 Å². The number of para-hydroxylation sites is 2. The minimum Gasteiger partial charge on any atom is -0.381 e. The fourth-order valence-corrected chi connectivity index (χ4v) is 4.80. The zero-order valence-electron chi connectivity index (χ0n) is 15.9. The number of fused-ring (bicyclic) bond motifs is 3. The van der Waals surface area contributed by atoms with E-state index >= 15 is 0 Å². The zero-order chi connectivity index (χ0) is 19.1. The minimum atomic E-state index is -0.0210. The van der Waals surface area contributed by atoms with Gasteiger partial charge in [0.2, 0.25) is 0 Å². The van der Waals surface area contributed by atoms with Crippen LogP contribution >= 0.6 is 0 Å². The van der Waals surface area contributed by atoms with Crippen LogP contribution in [0.15, 0.2) is 54.9 Å². The van der Waals surface area contributed by atoms with Crippen LogP contribution in [-0.4, -0.2) is 46.8 Å². The standard InChI is InChI=1S/C22H24N4O2/c1-28-21-15-6-7-16(21)13-25(12-15)22(27)24-17-8-10-18(11-9-17)26-14-23-19-4-2-3-5-20(19)26/h2-5,8-11,14-16,21H,6-7,12-13H2,1H3,(H,24,27)/t15-,16+,21?. The SMILES string of the molecule is COC1[C@@H]2CC[C@H]1CN(C(=O)Nc1ccc(-n3cnc4ccccc43)cc1)C2. The molecule has 6 nitrogen and oxygen atoms in total. The average molecular weight is 376 g/mol. The summed E-state index contributed by atoms with van der Waals surface area (Å²) in [4.78, 5) is 19.1. The number of methoxy groups -OCH3 is 1. The molecule has 3 aromatic rings. The Morgan fingerprint density at radius 1 is 1.07 bits per heavy atom. The first-order chi connectivity index (χ1) is 13.7. The van der Waals surface area contributed by atoms with Gasteiger partial charge < -0.3 is 15.0 Å². The predicted octanol–water partition coefficient (Wildman–Crippen LogP) is 3.91. The summed E-state index contributed by atoms with van der Waals surface area (Å²) in [5.41, 5.74) is 3.86. The summed E-state index contributed by atoms with van der Waals surface area (Å²) >= 11 is 0. The molecule has 6 heteroatoms. The maximum Gasteiger partial charge on any atom is 0.321 e. The van der Waals surface area contributed by atoms with Crippen molar-refractivity contribution in [3.63, 3.8) is 0 Å². The van der Waals surface area contributed by atoms with E-state index in [1.165, 1.54) is 0 Å². The van der Waals surface area contributed by atoms with Gasteiger partial charge in [-0.25, -0.2) is 9.78 Å². The molecule has 1 N–H and O–H groups in total. The second-order valence-electron chi connectivity index (χ2n) is 7.78. The number of piperidine rings is 1. The summed E-state index contributed by atoms with van der Waals surface area (Å²) in [6, 6.07) is 15.9. The van der Waals surface area contributed by atoms with Gasteiger partial charge in [-0.05, 0) is 49.2 Å². The number of hydrogen-bond acceptors (Lipinski definition) is 3. The first-order valence-corrected chi connectivity index (χ1v) is 9.84.